The van der Waals surface area contributed by atoms with E-state index < -0.39 is 5.97 Å². The van der Waals surface area contributed by atoms with Gasteiger partial charge in [-0.1, -0.05) is 19.9 Å². The summed E-state index contributed by atoms with van der Waals surface area (Å²) in [6, 6.07) is 5.86. The van der Waals surface area contributed by atoms with E-state index in [0.717, 1.165) is 5.56 Å². The van der Waals surface area contributed by atoms with Crippen molar-refractivity contribution in [3.05, 3.63) is 42.0 Å². The molecule has 0 saturated carbocycles. The Balaban J connectivity index is 1.42. The highest BCUT2D eigenvalue weighted by Crippen LogP contribution is 2.23. The van der Waals surface area contributed by atoms with Gasteiger partial charge in [0.25, 0.3) is 0 Å². The van der Waals surface area contributed by atoms with E-state index >= 15 is 0 Å². The van der Waals surface area contributed by atoms with Crippen LogP contribution < -0.4 is 10.5 Å². The van der Waals surface area contributed by atoms with Crippen LogP contribution in [0, 0.1) is 6.92 Å². The molecule has 0 atom stereocenters. The molecule has 0 aliphatic rings. The van der Waals surface area contributed by atoms with Crippen molar-refractivity contribution >= 4 is 23.0 Å². The number of nitrogen functional groups attached to an aromatic ring is 1. The van der Waals surface area contributed by atoms with Gasteiger partial charge in [-0.3, -0.25) is 0 Å². The van der Waals surface area contributed by atoms with Crippen LogP contribution in [0.15, 0.2) is 30.9 Å². The topological polar surface area (TPSA) is 105 Å². The predicted molar refractivity (Wildman–Crippen MR) is 106 cm³/mol. The molecule has 0 aliphatic carbocycles. The Morgan fingerprint density at radius 1 is 1.25 bits per heavy atom. The van der Waals surface area contributed by atoms with E-state index in [2.05, 4.69) is 28.8 Å². The average molecular weight is 383 g/mol. The molecule has 0 aliphatic heterocycles. The van der Waals surface area contributed by atoms with Crippen molar-refractivity contribution < 1.29 is 14.3 Å². The number of anilines is 1. The number of hydrogen-bond acceptors (Lipinski definition) is 7. The summed E-state index contributed by atoms with van der Waals surface area (Å²) in [5, 5.41) is 0. The van der Waals surface area contributed by atoms with Crippen LogP contribution in [0.2, 0.25) is 0 Å². The normalized spacial score (nSPS) is 11.1. The van der Waals surface area contributed by atoms with E-state index in [1.54, 1.807) is 6.33 Å². The number of imidazole rings is 1. The first-order valence-corrected chi connectivity index (χ1v) is 9.26. The summed E-state index contributed by atoms with van der Waals surface area (Å²) in [6.45, 7) is 7.12. The number of benzene rings is 1. The number of nitrogens with zero attached hydrogens (tertiary/aromatic N) is 4. The van der Waals surface area contributed by atoms with Crippen molar-refractivity contribution in [3.8, 4) is 5.75 Å². The number of aryl methyl sites for hydroxylation is 2. The van der Waals surface area contributed by atoms with E-state index in [1.807, 2.05) is 29.7 Å². The summed E-state index contributed by atoms with van der Waals surface area (Å²) < 4.78 is 12.6. The van der Waals surface area contributed by atoms with Crippen LogP contribution in [-0.4, -0.2) is 38.7 Å². The second-order valence-corrected chi connectivity index (χ2v) is 6.90. The highest BCUT2D eigenvalue weighted by Gasteiger charge is 2.09. The van der Waals surface area contributed by atoms with E-state index in [1.165, 1.54) is 11.9 Å². The maximum absolute atomic E-state index is 11.9. The monoisotopic (exact) mass is 383 g/mol. The minimum absolute atomic E-state index is 0.113. The number of ether oxygens (including phenoxy) is 2. The van der Waals surface area contributed by atoms with E-state index in [9.17, 15) is 4.79 Å². The molecular formula is C20H25N5O3. The number of rotatable bonds is 8. The minimum Gasteiger partial charge on any atom is -0.482 e. The SMILES string of the molecule is Cc1cc(OCC(=O)OCCCn2cnc3c(N)ncnc32)ccc1C(C)C. The lowest BCUT2D eigenvalue weighted by molar-refractivity contribution is -0.146. The molecule has 0 saturated heterocycles. The van der Waals surface area contributed by atoms with Crippen LogP contribution in [0.3, 0.4) is 0 Å². The summed E-state index contributed by atoms with van der Waals surface area (Å²) in [6.07, 6.45) is 3.69. The summed E-state index contributed by atoms with van der Waals surface area (Å²) in [4.78, 5) is 24.2. The summed E-state index contributed by atoms with van der Waals surface area (Å²) in [5.74, 6) is 1.08. The fourth-order valence-electron chi connectivity index (χ4n) is 3.05. The van der Waals surface area contributed by atoms with Gasteiger partial charge in [-0.2, -0.15) is 0 Å². The molecule has 148 valence electrons. The zero-order valence-electron chi connectivity index (χ0n) is 16.4. The molecule has 0 amide bonds. The van der Waals surface area contributed by atoms with Gasteiger partial charge in [0.2, 0.25) is 0 Å². The molecule has 2 heterocycles. The fraction of sp³-hybridized carbons (Fsp3) is 0.400. The third kappa shape index (κ3) is 4.57. The summed E-state index contributed by atoms with van der Waals surface area (Å²) in [5.41, 5.74) is 9.43. The van der Waals surface area contributed by atoms with Gasteiger partial charge < -0.3 is 19.8 Å². The van der Waals surface area contributed by atoms with Crippen LogP contribution in [0.5, 0.6) is 5.75 Å². The molecule has 2 N–H and O–H groups in total. The van der Waals surface area contributed by atoms with E-state index in [4.69, 9.17) is 15.2 Å². The Bertz CT molecular complexity index is 968. The van der Waals surface area contributed by atoms with Gasteiger partial charge in [-0.05, 0) is 42.5 Å². The van der Waals surface area contributed by atoms with Crippen molar-refractivity contribution in [1.82, 2.24) is 19.5 Å². The predicted octanol–water partition coefficient (Wildman–Crippen LogP) is 2.85. The second kappa shape index (κ2) is 8.69. The lowest BCUT2D eigenvalue weighted by Crippen LogP contribution is -2.16. The van der Waals surface area contributed by atoms with Crippen LogP contribution in [0.25, 0.3) is 11.2 Å². The molecule has 2 aromatic heterocycles. The minimum atomic E-state index is -0.396. The Kier molecular flexibility index (Phi) is 6.08. The molecule has 0 unspecified atom stereocenters. The highest BCUT2D eigenvalue weighted by molar-refractivity contribution is 5.81. The van der Waals surface area contributed by atoms with Crippen LogP contribution in [0.1, 0.15) is 37.3 Å². The number of hydrogen-bond donors (Lipinski definition) is 1. The Hall–Kier alpha value is -3.16. The van der Waals surface area contributed by atoms with Crippen LogP contribution >= 0.6 is 0 Å². The molecule has 0 radical (unpaired) electrons. The van der Waals surface area contributed by atoms with Crippen molar-refractivity contribution in [2.24, 2.45) is 0 Å². The van der Waals surface area contributed by atoms with Crippen molar-refractivity contribution in [3.63, 3.8) is 0 Å². The molecule has 0 fully saturated rings. The standard InChI is InChI=1S/C20H25N5O3/c1-13(2)16-6-5-15(9-14(16)3)28-10-17(26)27-8-4-7-25-12-24-18-19(21)22-11-23-20(18)25/h5-6,9,11-13H,4,7-8,10H2,1-3H3,(H2,21,22,23). The maximum atomic E-state index is 11.9. The smallest absolute Gasteiger partial charge is 0.344 e. The number of nitrogens with two attached hydrogens (primary N) is 1. The first kappa shape index (κ1) is 19.6. The molecule has 3 aromatic rings. The third-order valence-electron chi connectivity index (χ3n) is 4.46. The number of esters is 1. The van der Waals surface area contributed by atoms with Crippen LogP contribution in [-0.2, 0) is 16.1 Å². The Morgan fingerprint density at radius 3 is 2.82 bits per heavy atom. The second-order valence-electron chi connectivity index (χ2n) is 6.90. The zero-order valence-corrected chi connectivity index (χ0v) is 16.4. The first-order valence-electron chi connectivity index (χ1n) is 9.26. The first-order chi connectivity index (χ1) is 13.5. The molecule has 8 heteroatoms. The summed E-state index contributed by atoms with van der Waals surface area (Å²) >= 11 is 0. The van der Waals surface area contributed by atoms with Gasteiger partial charge >= 0.3 is 5.97 Å². The lowest BCUT2D eigenvalue weighted by atomic mass is 9.98. The van der Waals surface area contributed by atoms with Gasteiger partial charge in [-0.25, -0.2) is 19.7 Å². The average Bonchev–Trinajstić information content (AvgIpc) is 3.08. The van der Waals surface area contributed by atoms with Crippen molar-refractivity contribution in [1.29, 1.82) is 0 Å². The van der Waals surface area contributed by atoms with Gasteiger partial charge in [0, 0.05) is 6.54 Å². The van der Waals surface area contributed by atoms with Crippen LogP contribution in [0.4, 0.5) is 5.82 Å². The maximum Gasteiger partial charge on any atom is 0.344 e. The molecular weight excluding hydrogens is 358 g/mol. The molecule has 8 nitrogen and oxygen atoms in total. The summed E-state index contributed by atoms with van der Waals surface area (Å²) in [7, 11) is 0. The van der Waals surface area contributed by atoms with Gasteiger partial charge in [0.15, 0.2) is 18.1 Å². The Morgan fingerprint density at radius 2 is 2.07 bits per heavy atom. The molecule has 3 rings (SSSR count). The third-order valence-corrected chi connectivity index (χ3v) is 4.46. The van der Waals surface area contributed by atoms with Gasteiger partial charge in [0.05, 0.1) is 12.9 Å². The number of carbonyl (C=O) groups excluding carboxylic acids is 1. The molecule has 0 spiro atoms. The van der Waals surface area contributed by atoms with E-state index in [-0.39, 0.29) is 13.2 Å². The van der Waals surface area contributed by atoms with Crippen molar-refractivity contribution in [2.45, 2.75) is 39.7 Å². The van der Waals surface area contributed by atoms with Gasteiger partial charge in [-0.15, -0.1) is 0 Å². The quantitative estimate of drug-likeness (QED) is 0.471. The molecule has 1 aromatic carbocycles. The largest absolute Gasteiger partial charge is 0.482 e. The number of carbonyl (C=O) groups is 1. The Labute approximate surface area is 163 Å². The fourth-order valence-corrected chi connectivity index (χ4v) is 3.05. The number of aromatic nitrogens is 4. The zero-order chi connectivity index (χ0) is 20.1. The highest BCUT2D eigenvalue weighted by atomic mass is 16.6. The molecule has 28 heavy (non-hydrogen) atoms. The lowest BCUT2D eigenvalue weighted by Gasteiger charge is -2.12. The number of fused-ring (bicyclic) bond motifs is 1. The van der Waals surface area contributed by atoms with Gasteiger partial charge in [0.1, 0.15) is 17.6 Å². The van der Waals surface area contributed by atoms with E-state index in [0.29, 0.717) is 41.6 Å². The van der Waals surface area contributed by atoms with Crippen molar-refractivity contribution in [2.75, 3.05) is 18.9 Å². The molecule has 0 bridgehead atoms.